The lowest BCUT2D eigenvalue weighted by Gasteiger charge is -2.25. The number of aliphatic hydroxyl groups is 1. The van der Waals surface area contributed by atoms with Crippen molar-refractivity contribution in [3.05, 3.63) is 24.3 Å². The van der Waals surface area contributed by atoms with E-state index < -0.39 is 6.10 Å². The van der Waals surface area contributed by atoms with Crippen molar-refractivity contribution >= 4 is 17.5 Å². The highest BCUT2D eigenvalue weighted by Gasteiger charge is 2.29. The number of hydrogen-bond donors (Lipinski definition) is 3. The van der Waals surface area contributed by atoms with Crippen LogP contribution in [0.25, 0.3) is 0 Å². The van der Waals surface area contributed by atoms with Gasteiger partial charge in [0.1, 0.15) is 5.75 Å². The van der Waals surface area contributed by atoms with E-state index in [1.54, 1.807) is 24.3 Å². The Labute approximate surface area is 104 Å². The number of rotatable bonds is 4. The molecular weight excluding hydrogens is 236 g/mol. The molecule has 1 aliphatic heterocycles. The second-order valence-electron chi connectivity index (χ2n) is 3.87. The van der Waals surface area contributed by atoms with Crippen LogP contribution in [0.5, 0.6) is 5.75 Å². The van der Waals surface area contributed by atoms with Crippen molar-refractivity contribution in [1.82, 2.24) is 5.32 Å². The number of anilines is 1. The summed E-state index contributed by atoms with van der Waals surface area (Å²) in [7, 11) is 0. The molecule has 6 nitrogen and oxygen atoms in total. The lowest BCUT2D eigenvalue weighted by Crippen LogP contribution is -2.41. The average molecular weight is 250 g/mol. The number of amides is 2. The molecule has 1 aromatic rings. The van der Waals surface area contributed by atoms with E-state index >= 15 is 0 Å². The predicted octanol–water partition coefficient (Wildman–Crippen LogP) is -0.115. The fraction of sp³-hybridized carbons (Fsp3) is 0.333. The first-order valence-electron chi connectivity index (χ1n) is 5.65. The van der Waals surface area contributed by atoms with Crippen molar-refractivity contribution in [3.63, 3.8) is 0 Å². The molecule has 1 aromatic carbocycles. The van der Waals surface area contributed by atoms with E-state index in [4.69, 9.17) is 9.84 Å². The topological polar surface area (TPSA) is 87.7 Å². The Hall–Kier alpha value is -2.08. The molecule has 2 amide bonds. The molecule has 2 rings (SSSR count). The van der Waals surface area contributed by atoms with Crippen LogP contribution in [-0.2, 0) is 9.59 Å². The van der Waals surface area contributed by atoms with Gasteiger partial charge < -0.3 is 20.5 Å². The Morgan fingerprint density at radius 1 is 1.44 bits per heavy atom. The average Bonchev–Trinajstić information content (AvgIpc) is 2.37. The lowest BCUT2D eigenvalue weighted by atomic mass is 10.1. The zero-order chi connectivity index (χ0) is 13.0. The Bertz CT molecular complexity index is 461. The Morgan fingerprint density at radius 2 is 2.22 bits per heavy atom. The van der Waals surface area contributed by atoms with E-state index in [0.717, 1.165) is 0 Å². The van der Waals surface area contributed by atoms with Gasteiger partial charge in [-0.2, -0.15) is 0 Å². The Balaban J connectivity index is 1.99. The molecular formula is C12H14N2O4. The van der Waals surface area contributed by atoms with Gasteiger partial charge in [-0.3, -0.25) is 9.59 Å². The standard InChI is InChI=1S/C12H14N2O4/c15-6-5-13-11(16)7-10-12(17)14-8-3-1-2-4-9(8)18-10/h1-4,10,15H,5-7H2,(H,13,16)(H,14,17). The van der Waals surface area contributed by atoms with Crippen LogP contribution in [0, 0.1) is 0 Å². The van der Waals surface area contributed by atoms with Gasteiger partial charge >= 0.3 is 0 Å². The SMILES string of the molecule is O=C(CC1Oc2ccccc2NC1=O)NCCO. The molecule has 0 spiro atoms. The van der Waals surface area contributed by atoms with Crippen molar-refractivity contribution in [2.24, 2.45) is 0 Å². The van der Waals surface area contributed by atoms with Gasteiger partial charge in [0.2, 0.25) is 5.91 Å². The molecule has 0 aromatic heterocycles. The van der Waals surface area contributed by atoms with Gasteiger partial charge in [0.15, 0.2) is 6.10 Å². The van der Waals surface area contributed by atoms with Crippen LogP contribution in [0.3, 0.4) is 0 Å². The maximum absolute atomic E-state index is 11.7. The fourth-order valence-electron chi connectivity index (χ4n) is 1.66. The van der Waals surface area contributed by atoms with Crippen LogP contribution < -0.4 is 15.4 Å². The first-order chi connectivity index (χ1) is 8.70. The summed E-state index contributed by atoms with van der Waals surface area (Å²) in [4.78, 5) is 23.1. The number of nitrogens with one attached hydrogen (secondary N) is 2. The van der Waals surface area contributed by atoms with Crippen molar-refractivity contribution in [1.29, 1.82) is 0 Å². The Kier molecular flexibility index (Phi) is 3.78. The highest BCUT2D eigenvalue weighted by Crippen LogP contribution is 2.29. The molecule has 0 radical (unpaired) electrons. The summed E-state index contributed by atoms with van der Waals surface area (Å²) < 4.78 is 5.46. The number of hydrogen-bond acceptors (Lipinski definition) is 4. The quantitative estimate of drug-likeness (QED) is 0.695. The minimum Gasteiger partial charge on any atom is -0.478 e. The molecule has 18 heavy (non-hydrogen) atoms. The number of aliphatic hydroxyl groups excluding tert-OH is 1. The number of carbonyl (C=O) groups excluding carboxylic acids is 2. The molecule has 96 valence electrons. The Morgan fingerprint density at radius 3 is 3.00 bits per heavy atom. The number of ether oxygens (including phenoxy) is 1. The summed E-state index contributed by atoms with van der Waals surface area (Å²) in [6, 6.07) is 7.04. The van der Waals surface area contributed by atoms with Crippen molar-refractivity contribution in [2.45, 2.75) is 12.5 Å². The van der Waals surface area contributed by atoms with Gasteiger partial charge in [0.05, 0.1) is 18.7 Å². The molecule has 1 aliphatic rings. The van der Waals surface area contributed by atoms with Crippen LogP contribution in [0.2, 0.25) is 0 Å². The van der Waals surface area contributed by atoms with Crippen molar-refractivity contribution in [3.8, 4) is 5.75 Å². The first-order valence-corrected chi connectivity index (χ1v) is 5.65. The fourth-order valence-corrected chi connectivity index (χ4v) is 1.66. The summed E-state index contributed by atoms with van der Waals surface area (Å²) in [6.45, 7) is 0.0378. The predicted molar refractivity (Wildman–Crippen MR) is 64.2 cm³/mol. The second kappa shape index (κ2) is 5.50. The third-order valence-electron chi connectivity index (χ3n) is 2.51. The molecule has 0 saturated carbocycles. The lowest BCUT2D eigenvalue weighted by molar-refractivity contribution is -0.130. The highest BCUT2D eigenvalue weighted by molar-refractivity contribution is 5.99. The molecule has 1 atom stereocenters. The second-order valence-corrected chi connectivity index (χ2v) is 3.87. The zero-order valence-corrected chi connectivity index (χ0v) is 9.68. The van der Waals surface area contributed by atoms with Crippen LogP contribution in [0.15, 0.2) is 24.3 Å². The monoisotopic (exact) mass is 250 g/mol. The number of para-hydroxylation sites is 2. The van der Waals surface area contributed by atoms with Gasteiger partial charge in [0, 0.05) is 6.54 Å². The van der Waals surface area contributed by atoms with Gasteiger partial charge in [-0.05, 0) is 12.1 Å². The summed E-state index contributed by atoms with van der Waals surface area (Å²) in [5, 5.41) is 13.7. The number of fused-ring (bicyclic) bond motifs is 1. The minimum absolute atomic E-state index is 0.0693. The van der Waals surface area contributed by atoms with Gasteiger partial charge in [-0.25, -0.2) is 0 Å². The molecule has 1 unspecified atom stereocenters. The summed E-state index contributed by atoms with van der Waals surface area (Å²) in [6.07, 6.45) is -0.904. The van der Waals surface area contributed by atoms with E-state index in [9.17, 15) is 9.59 Å². The molecule has 6 heteroatoms. The van der Waals surface area contributed by atoms with Crippen LogP contribution >= 0.6 is 0 Å². The van der Waals surface area contributed by atoms with Gasteiger partial charge in [0.25, 0.3) is 5.91 Å². The molecule has 1 heterocycles. The third-order valence-corrected chi connectivity index (χ3v) is 2.51. The molecule has 0 fully saturated rings. The minimum atomic E-state index is -0.835. The molecule has 0 aliphatic carbocycles. The number of carbonyl (C=O) groups is 2. The van der Waals surface area contributed by atoms with E-state index in [0.29, 0.717) is 11.4 Å². The van der Waals surface area contributed by atoms with Crippen molar-refractivity contribution < 1.29 is 19.4 Å². The third kappa shape index (κ3) is 2.78. The summed E-state index contributed by atoms with van der Waals surface area (Å²) in [5.74, 6) is -0.117. The van der Waals surface area contributed by atoms with E-state index in [2.05, 4.69) is 10.6 Å². The first kappa shape index (κ1) is 12.4. The highest BCUT2D eigenvalue weighted by atomic mass is 16.5. The van der Waals surface area contributed by atoms with Crippen LogP contribution in [0.4, 0.5) is 5.69 Å². The largest absolute Gasteiger partial charge is 0.478 e. The van der Waals surface area contributed by atoms with E-state index in [-0.39, 0.29) is 31.4 Å². The molecule has 0 saturated heterocycles. The van der Waals surface area contributed by atoms with Gasteiger partial charge in [-0.1, -0.05) is 12.1 Å². The zero-order valence-electron chi connectivity index (χ0n) is 9.68. The smallest absolute Gasteiger partial charge is 0.266 e. The van der Waals surface area contributed by atoms with Crippen LogP contribution in [0.1, 0.15) is 6.42 Å². The van der Waals surface area contributed by atoms with Crippen molar-refractivity contribution in [2.75, 3.05) is 18.5 Å². The maximum atomic E-state index is 11.7. The summed E-state index contributed by atoms with van der Waals surface area (Å²) in [5.41, 5.74) is 0.606. The molecule has 0 bridgehead atoms. The normalized spacial score (nSPS) is 17.4. The summed E-state index contributed by atoms with van der Waals surface area (Å²) >= 11 is 0. The maximum Gasteiger partial charge on any atom is 0.266 e. The van der Waals surface area contributed by atoms with Gasteiger partial charge in [-0.15, -0.1) is 0 Å². The van der Waals surface area contributed by atoms with E-state index in [1.807, 2.05) is 0 Å². The number of benzene rings is 1. The van der Waals surface area contributed by atoms with E-state index in [1.165, 1.54) is 0 Å². The molecule has 3 N–H and O–H groups in total. The van der Waals surface area contributed by atoms with Crippen LogP contribution in [-0.4, -0.2) is 36.2 Å².